The topological polar surface area (TPSA) is 49.4 Å². The highest BCUT2D eigenvalue weighted by Crippen LogP contribution is 2.23. The summed E-state index contributed by atoms with van der Waals surface area (Å²) >= 11 is 0. The van der Waals surface area contributed by atoms with Gasteiger partial charge < -0.3 is 5.32 Å². The van der Waals surface area contributed by atoms with Crippen LogP contribution in [0.1, 0.15) is 25.3 Å². The van der Waals surface area contributed by atoms with Gasteiger partial charge in [-0.2, -0.15) is 4.31 Å². The van der Waals surface area contributed by atoms with Gasteiger partial charge in [-0.05, 0) is 50.6 Å². The number of hydrogen-bond acceptors (Lipinski definition) is 3. The molecular weight excluding hydrogens is 279 g/mol. The first kappa shape index (κ1) is 15.4. The van der Waals surface area contributed by atoms with Crippen LogP contribution in [0.2, 0.25) is 0 Å². The van der Waals surface area contributed by atoms with E-state index >= 15 is 0 Å². The van der Waals surface area contributed by atoms with E-state index in [1.54, 1.807) is 6.92 Å². The summed E-state index contributed by atoms with van der Waals surface area (Å²) in [5, 5.41) is 3.22. The van der Waals surface area contributed by atoms with E-state index in [4.69, 9.17) is 0 Å². The molecule has 1 heterocycles. The third-order valence-corrected chi connectivity index (χ3v) is 5.80. The number of rotatable bonds is 4. The molecule has 20 heavy (non-hydrogen) atoms. The Labute approximate surface area is 120 Å². The maximum atomic E-state index is 13.6. The van der Waals surface area contributed by atoms with Crippen molar-refractivity contribution < 1.29 is 12.8 Å². The van der Waals surface area contributed by atoms with E-state index in [1.807, 2.05) is 6.92 Å². The fourth-order valence-corrected chi connectivity index (χ4v) is 4.29. The second-order valence-electron chi connectivity index (χ2n) is 5.10. The van der Waals surface area contributed by atoms with E-state index in [9.17, 15) is 12.8 Å². The maximum absolute atomic E-state index is 13.6. The number of nitrogens with one attached hydrogen (secondary N) is 1. The molecule has 1 N–H and O–H groups in total. The lowest BCUT2D eigenvalue weighted by Crippen LogP contribution is -2.45. The first-order valence-corrected chi connectivity index (χ1v) is 8.39. The van der Waals surface area contributed by atoms with Crippen LogP contribution in [-0.2, 0) is 10.0 Å². The van der Waals surface area contributed by atoms with Crippen LogP contribution in [0.3, 0.4) is 0 Å². The van der Waals surface area contributed by atoms with Gasteiger partial charge in [0.05, 0.1) is 4.90 Å². The van der Waals surface area contributed by atoms with Gasteiger partial charge in [-0.25, -0.2) is 12.8 Å². The molecule has 1 aromatic rings. The Kier molecular flexibility index (Phi) is 4.78. The zero-order valence-corrected chi connectivity index (χ0v) is 12.7. The van der Waals surface area contributed by atoms with Crippen molar-refractivity contribution in [3.63, 3.8) is 0 Å². The summed E-state index contributed by atoms with van der Waals surface area (Å²) in [7, 11) is -3.62. The van der Waals surface area contributed by atoms with Crippen LogP contribution >= 0.6 is 0 Å². The molecule has 1 fully saturated rings. The smallest absolute Gasteiger partial charge is 0.243 e. The molecule has 0 aromatic heterocycles. The molecule has 0 atom stereocenters. The summed E-state index contributed by atoms with van der Waals surface area (Å²) in [5.74, 6) is -0.479. The van der Waals surface area contributed by atoms with Crippen LogP contribution in [0, 0.1) is 12.7 Å². The van der Waals surface area contributed by atoms with Gasteiger partial charge >= 0.3 is 0 Å². The van der Waals surface area contributed by atoms with Crippen molar-refractivity contribution in [3.05, 3.63) is 29.6 Å². The van der Waals surface area contributed by atoms with Gasteiger partial charge in [-0.3, -0.25) is 0 Å². The number of nitrogens with zero attached hydrogens (tertiary/aromatic N) is 1. The molecule has 0 aliphatic carbocycles. The van der Waals surface area contributed by atoms with Gasteiger partial charge in [-0.15, -0.1) is 0 Å². The van der Waals surface area contributed by atoms with Crippen LogP contribution in [0.15, 0.2) is 23.1 Å². The summed E-state index contributed by atoms with van der Waals surface area (Å²) in [6.45, 7) is 5.49. The average molecular weight is 300 g/mol. The number of benzene rings is 1. The first-order chi connectivity index (χ1) is 9.46. The van der Waals surface area contributed by atoms with E-state index in [0.717, 1.165) is 32.0 Å². The highest BCUT2D eigenvalue weighted by Gasteiger charge is 2.31. The Balaban J connectivity index is 2.32. The largest absolute Gasteiger partial charge is 0.317 e. The lowest BCUT2D eigenvalue weighted by molar-refractivity contribution is 0.270. The fraction of sp³-hybridized carbons (Fsp3) is 0.571. The van der Waals surface area contributed by atoms with Crippen molar-refractivity contribution in [2.24, 2.45) is 0 Å². The summed E-state index contributed by atoms with van der Waals surface area (Å²) in [5.41, 5.74) is 0.453. The lowest BCUT2D eigenvalue weighted by Gasteiger charge is -2.33. The number of halogens is 1. The third-order valence-electron chi connectivity index (χ3n) is 3.78. The molecular formula is C14H21FN2O2S. The van der Waals surface area contributed by atoms with Crippen LogP contribution in [0.25, 0.3) is 0 Å². The summed E-state index contributed by atoms with van der Waals surface area (Å²) in [6, 6.07) is 4.11. The molecule has 0 amide bonds. The maximum Gasteiger partial charge on any atom is 0.243 e. The minimum Gasteiger partial charge on any atom is -0.317 e. The second kappa shape index (κ2) is 6.20. The number of aryl methyl sites for hydroxylation is 1. The molecule has 6 heteroatoms. The van der Waals surface area contributed by atoms with Crippen LogP contribution in [0.4, 0.5) is 4.39 Å². The Morgan fingerprint density at radius 1 is 1.35 bits per heavy atom. The molecule has 0 radical (unpaired) electrons. The first-order valence-electron chi connectivity index (χ1n) is 6.95. The highest BCUT2D eigenvalue weighted by molar-refractivity contribution is 7.89. The predicted octanol–water partition coefficient (Wildman–Crippen LogP) is 1.90. The van der Waals surface area contributed by atoms with E-state index in [2.05, 4.69) is 5.32 Å². The zero-order valence-electron chi connectivity index (χ0n) is 11.9. The number of piperidine rings is 1. The van der Waals surface area contributed by atoms with Gasteiger partial charge in [0.2, 0.25) is 10.0 Å². The Morgan fingerprint density at radius 2 is 2.00 bits per heavy atom. The minimum absolute atomic E-state index is 0.00406. The Bertz CT molecular complexity index is 569. The van der Waals surface area contributed by atoms with Crippen LogP contribution in [-0.4, -0.2) is 38.4 Å². The van der Waals surface area contributed by atoms with Crippen molar-refractivity contribution in [3.8, 4) is 0 Å². The molecule has 0 unspecified atom stereocenters. The molecule has 2 rings (SSSR count). The van der Waals surface area contributed by atoms with Crippen molar-refractivity contribution in [1.82, 2.24) is 9.62 Å². The van der Waals surface area contributed by atoms with Gasteiger partial charge in [0.15, 0.2) is 0 Å². The van der Waals surface area contributed by atoms with Gasteiger partial charge in [0.25, 0.3) is 0 Å². The Morgan fingerprint density at radius 3 is 2.55 bits per heavy atom. The zero-order chi connectivity index (χ0) is 14.8. The second-order valence-corrected chi connectivity index (χ2v) is 6.99. The normalized spacial score (nSPS) is 17.6. The molecule has 1 aliphatic rings. The van der Waals surface area contributed by atoms with E-state index in [1.165, 1.54) is 16.4 Å². The molecule has 0 bridgehead atoms. The summed E-state index contributed by atoms with van der Waals surface area (Å²) in [4.78, 5) is 0.0426. The monoisotopic (exact) mass is 300 g/mol. The van der Waals surface area contributed by atoms with Crippen molar-refractivity contribution >= 4 is 10.0 Å². The highest BCUT2D eigenvalue weighted by atomic mass is 32.2. The molecule has 1 aliphatic heterocycles. The van der Waals surface area contributed by atoms with Crippen LogP contribution in [0.5, 0.6) is 0 Å². The summed E-state index contributed by atoms with van der Waals surface area (Å²) < 4.78 is 40.5. The average Bonchev–Trinajstić information content (AvgIpc) is 2.43. The summed E-state index contributed by atoms with van der Waals surface area (Å²) in [6.07, 6.45) is 1.59. The van der Waals surface area contributed by atoms with Gasteiger partial charge in [-0.1, -0.05) is 13.0 Å². The third kappa shape index (κ3) is 3.02. The van der Waals surface area contributed by atoms with Crippen molar-refractivity contribution in [1.29, 1.82) is 0 Å². The van der Waals surface area contributed by atoms with Crippen molar-refractivity contribution in [2.75, 3.05) is 19.6 Å². The van der Waals surface area contributed by atoms with E-state index < -0.39 is 15.8 Å². The molecule has 0 spiro atoms. The lowest BCUT2D eigenvalue weighted by atomic mass is 10.1. The minimum atomic E-state index is -3.62. The molecule has 1 aromatic carbocycles. The molecule has 0 saturated carbocycles. The standard InChI is InChI=1S/C14H21FN2O2S/c1-3-17(12-6-8-16-9-7-12)20(18,19)13-5-4-11(2)14(15)10-13/h4-5,10,12,16H,3,6-9H2,1-2H3. The van der Waals surface area contributed by atoms with Crippen molar-refractivity contribution in [2.45, 2.75) is 37.6 Å². The predicted molar refractivity (Wildman–Crippen MR) is 76.6 cm³/mol. The van der Waals surface area contributed by atoms with Gasteiger partial charge in [0, 0.05) is 12.6 Å². The number of sulfonamides is 1. The molecule has 4 nitrogen and oxygen atoms in total. The molecule has 1 saturated heterocycles. The SMILES string of the molecule is CCN(C1CCNCC1)S(=O)(=O)c1ccc(C)c(F)c1. The van der Waals surface area contributed by atoms with Gasteiger partial charge in [0.1, 0.15) is 5.82 Å². The van der Waals surface area contributed by atoms with E-state index in [-0.39, 0.29) is 10.9 Å². The quantitative estimate of drug-likeness (QED) is 0.924. The number of hydrogen-bond donors (Lipinski definition) is 1. The van der Waals surface area contributed by atoms with E-state index in [0.29, 0.717) is 12.1 Å². The molecule has 112 valence electrons. The fourth-order valence-electron chi connectivity index (χ4n) is 2.59. The van der Waals surface area contributed by atoms with Crippen LogP contribution < -0.4 is 5.32 Å². The Hall–Kier alpha value is -0.980.